The van der Waals surface area contributed by atoms with E-state index in [9.17, 15) is 15.0 Å². The molecule has 0 aromatic carbocycles. The Morgan fingerprint density at radius 3 is 2.71 bits per heavy atom. The van der Waals surface area contributed by atoms with E-state index in [1.807, 2.05) is 6.92 Å². The van der Waals surface area contributed by atoms with Crippen molar-refractivity contribution in [1.29, 1.82) is 0 Å². The Labute approximate surface area is 125 Å². The first-order valence-corrected chi connectivity index (χ1v) is 7.40. The van der Waals surface area contributed by atoms with Gasteiger partial charge in [-0.2, -0.15) is 5.10 Å². The van der Waals surface area contributed by atoms with Gasteiger partial charge in [-0.05, 0) is 33.1 Å². The molecule has 2 heterocycles. The van der Waals surface area contributed by atoms with Gasteiger partial charge in [-0.3, -0.25) is 9.48 Å². The van der Waals surface area contributed by atoms with Gasteiger partial charge in [0.1, 0.15) is 0 Å². The minimum atomic E-state index is -0.827. The number of aliphatic hydroxyl groups is 1. The maximum absolute atomic E-state index is 11.3. The van der Waals surface area contributed by atoms with E-state index in [-0.39, 0.29) is 5.92 Å². The van der Waals surface area contributed by atoms with Gasteiger partial charge >= 0.3 is 5.97 Å². The average molecular weight is 295 g/mol. The van der Waals surface area contributed by atoms with Crippen molar-refractivity contribution in [3.63, 3.8) is 0 Å². The minimum Gasteiger partial charge on any atom is -0.481 e. The van der Waals surface area contributed by atoms with Gasteiger partial charge in [0, 0.05) is 13.1 Å². The highest BCUT2D eigenvalue weighted by Gasteiger charge is 2.31. The van der Waals surface area contributed by atoms with Gasteiger partial charge in [0.25, 0.3) is 0 Å². The van der Waals surface area contributed by atoms with Crippen molar-refractivity contribution in [3.05, 3.63) is 11.9 Å². The summed E-state index contributed by atoms with van der Waals surface area (Å²) in [6.07, 6.45) is 2.50. The van der Waals surface area contributed by atoms with E-state index in [2.05, 4.69) is 16.9 Å². The third-order valence-corrected chi connectivity index (χ3v) is 3.96. The lowest BCUT2D eigenvalue weighted by atomic mass is 9.90. The molecule has 1 saturated heterocycles. The highest BCUT2D eigenvalue weighted by atomic mass is 16.4. The summed E-state index contributed by atoms with van der Waals surface area (Å²) in [5.74, 6) is -0.712. The van der Waals surface area contributed by atoms with Crippen LogP contribution in [0.1, 0.15) is 32.9 Å². The van der Waals surface area contributed by atoms with Crippen molar-refractivity contribution in [2.75, 3.05) is 18.0 Å². The predicted octanol–water partition coefficient (Wildman–Crippen LogP) is 1.51. The van der Waals surface area contributed by atoms with Gasteiger partial charge in [0.2, 0.25) is 0 Å². The zero-order valence-electron chi connectivity index (χ0n) is 13.2. The van der Waals surface area contributed by atoms with Gasteiger partial charge in [0.05, 0.1) is 35.6 Å². The number of carboxylic acids is 1. The highest BCUT2D eigenvalue weighted by Crippen LogP contribution is 2.29. The van der Waals surface area contributed by atoms with Crippen molar-refractivity contribution in [2.45, 2.75) is 46.3 Å². The molecule has 2 rings (SSSR count). The Morgan fingerprint density at radius 1 is 1.48 bits per heavy atom. The molecule has 1 aromatic heterocycles. The molecule has 2 atom stereocenters. The summed E-state index contributed by atoms with van der Waals surface area (Å²) in [6.45, 7) is 9.33. The van der Waals surface area contributed by atoms with E-state index in [1.165, 1.54) is 0 Å². The molecule has 0 bridgehead atoms. The molecule has 1 aromatic rings. The van der Waals surface area contributed by atoms with E-state index < -0.39 is 11.6 Å². The molecule has 1 fully saturated rings. The van der Waals surface area contributed by atoms with Crippen LogP contribution in [0.25, 0.3) is 0 Å². The number of hydrogen-bond donors (Lipinski definition) is 2. The second-order valence-electron chi connectivity index (χ2n) is 6.87. The molecule has 1 aliphatic rings. The number of rotatable bonds is 4. The van der Waals surface area contributed by atoms with Crippen LogP contribution in [0, 0.1) is 18.8 Å². The van der Waals surface area contributed by atoms with Crippen molar-refractivity contribution >= 4 is 11.7 Å². The zero-order valence-corrected chi connectivity index (χ0v) is 13.2. The van der Waals surface area contributed by atoms with E-state index in [4.69, 9.17) is 0 Å². The number of piperidine rings is 1. The number of hydrogen-bond acceptors (Lipinski definition) is 4. The second-order valence-corrected chi connectivity index (χ2v) is 6.87. The molecule has 0 saturated carbocycles. The number of carbonyl (C=O) groups is 1. The fourth-order valence-electron chi connectivity index (χ4n) is 3.00. The normalized spacial score (nSPS) is 23.4. The van der Waals surface area contributed by atoms with Crippen molar-refractivity contribution in [3.8, 4) is 0 Å². The molecule has 2 N–H and O–H groups in total. The molecule has 0 spiro atoms. The van der Waals surface area contributed by atoms with Crippen LogP contribution in [0.2, 0.25) is 0 Å². The van der Waals surface area contributed by atoms with Crippen LogP contribution >= 0.6 is 0 Å². The monoisotopic (exact) mass is 295 g/mol. The number of carboxylic acid groups (broad SMARTS) is 1. The lowest BCUT2D eigenvalue weighted by Crippen LogP contribution is -2.42. The summed E-state index contributed by atoms with van der Waals surface area (Å²) in [5.41, 5.74) is 1.11. The van der Waals surface area contributed by atoms with Crippen molar-refractivity contribution in [1.82, 2.24) is 9.78 Å². The molecule has 0 amide bonds. The topological polar surface area (TPSA) is 78.6 Å². The Bertz CT molecular complexity index is 519. The summed E-state index contributed by atoms with van der Waals surface area (Å²) in [4.78, 5) is 13.4. The van der Waals surface area contributed by atoms with Crippen LogP contribution in [0.5, 0.6) is 0 Å². The van der Waals surface area contributed by atoms with Gasteiger partial charge in [0.15, 0.2) is 0 Å². The maximum Gasteiger partial charge on any atom is 0.308 e. The SMILES string of the molecule is Cc1c(N2C[C@@H](C)C[C@@H](C(=O)O)C2)cnn1CC(C)(C)O. The summed E-state index contributed by atoms with van der Waals surface area (Å²) in [7, 11) is 0. The Balaban J connectivity index is 2.20. The fraction of sp³-hybridized carbons (Fsp3) is 0.733. The fourth-order valence-corrected chi connectivity index (χ4v) is 3.00. The molecule has 6 nitrogen and oxygen atoms in total. The average Bonchev–Trinajstić information content (AvgIpc) is 2.68. The molecular weight excluding hydrogens is 270 g/mol. The molecule has 6 heteroatoms. The van der Waals surface area contributed by atoms with Crippen LogP contribution in [0.15, 0.2) is 6.20 Å². The minimum absolute atomic E-state index is 0.328. The van der Waals surface area contributed by atoms with Gasteiger partial charge in [-0.25, -0.2) is 0 Å². The Kier molecular flexibility index (Phi) is 4.27. The Morgan fingerprint density at radius 2 is 2.14 bits per heavy atom. The second kappa shape index (κ2) is 5.67. The quantitative estimate of drug-likeness (QED) is 0.880. The molecule has 0 aliphatic carbocycles. The van der Waals surface area contributed by atoms with Crippen LogP contribution in [-0.2, 0) is 11.3 Å². The first-order valence-electron chi connectivity index (χ1n) is 7.40. The Hall–Kier alpha value is -1.56. The van der Waals surface area contributed by atoms with Crippen LogP contribution in [0.3, 0.4) is 0 Å². The van der Waals surface area contributed by atoms with E-state index in [0.29, 0.717) is 19.0 Å². The number of anilines is 1. The maximum atomic E-state index is 11.3. The predicted molar refractivity (Wildman–Crippen MR) is 80.4 cm³/mol. The molecule has 0 radical (unpaired) electrons. The molecule has 0 unspecified atom stereocenters. The van der Waals surface area contributed by atoms with Crippen LogP contribution < -0.4 is 4.90 Å². The third-order valence-electron chi connectivity index (χ3n) is 3.96. The first-order chi connectivity index (χ1) is 9.67. The summed E-state index contributed by atoms with van der Waals surface area (Å²) >= 11 is 0. The molecule has 118 valence electrons. The summed E-state index contributed by atoms with van der Waals surface area (Å²) < 4.78 is 1.78. The largest absolute Gasteiger partial charge is 0.481 e. The van der Waals surface area contributed by atoms with Crippen molar-refractivity contribution < 1.29 is 15.0 Å². The smallest absolute Gasteiger partial charge is 0.308 e. The summed E-state index contributed by atoms with van der Waals surface area (Å²) in [6, 6.07) is 0. The number of nitrogens with zero attached hydrogens (tertiary/aromatic N) is 3. The molecule has 1 aliphatic heterocycles. The lowest BCUT2D eigenvalue weighted by molar-refractivity contribution is -0.142. The lowest BCUT2D eigenvalue weighted by Gasteiger charge is -2.36. The standard InChI is InChI=1S/C15H25N3O3/c1-10-5-12(14(19)20)8-17(7-10)13-6-16-18(11(13)2)9-15(3,4)21/h6,10,12,21H,5,7-9H2,1-4H3,(H,19,20)/t10-,12+/m0/s1. The van der Waals surface area contributed by atoms with E-state index >= 15 is 0 Å². The van der Waals surface area contributed by atoms with Gasteiger partial charge in [-0.1, -0.05) is 6.92 Å². The van der Waals surface area contributed by atoms with Crippen molar-refractivity contribution in [2.24, 2.45) is 11.8 Å². The van der Waals surface area contributed by atoms with Gasteiger partial charge in [-0.15, -0.1) is 0 Å². The zero-order chi connectivity index (χ0) is 15.8. The molecule has 21 heavy (non-hydrogen) atoms. The van der Waals surface area contributed by atoms with Crippen LogP contribution in [-0.4, -0.2) is 44.7 Å². The van der Waals surface area contributed by atoms with E-state index in [1.54, 1.807) is 24.7 Å². The first kappa shape index (κ1) is 15.8. The van der Waals surface area contributed by atoms with E-state index in [0.717, 1.165) is 24.3 Å². The number of aromatic nitrogens is 2. The third kappa shape index (κ3) is 3.75. The van der Waals surface area contributed by atoms with Crippen LogP contribution in [0.4, 0.5) is 5.69 Å². The molecular formula is C15H25N3O3. The number of aliphatic carboxylic acids is 1. The van der Waals surface area contributed by atoms with Gasteiger partial charge < -0.3 is 15.1 Å². The highest BCUT2D eigenvalue weighted by molar-refractivity contribution is 5.71. The summed E-state index contributed by atoms with van der Waals surface area (Å²) in [5, 5.41) is 23.5.